The molecule has 1 aliphatic carbocycles. The fraction of sp³-hybridized carbons (Fsp3) is 1.00. The first-order valence-corrected chi connectivity index (χ1v) is 15.9. The van der Waals surface area contributed by atoms with Crippen molar-refractivity contribution in [2.45, 2.75) is 121 Å². The van der Waals surface area contributed by atoms with Crippen LogP contribution in [-0.2, 0) is 23.1 Å². The second kappa shape index (κ2) is 6.60. The summed E-state index contributed by atoms with van der Waals surface area (Å²) >= 11 is 0. The maximum atomic E-state index is 10.9. The van der Waals surface area contributed by atoms with Crippen LogP contribution in [0.2, 0.25) is 36.3 Å². The molecule has 6 nitrogen and oxygen atoms in total. The van der Waals surface area contributed by atoms with Crippen LogP contribution in [0.25, 0.3) is 0 Å². The lowest BCUT2D eigenvalue weighted by molar-refractivity contribution is -0.478. The molecular weight excluding hydrogens is 380 g/mol. The van der Waals surface area contributed by atoms with E-state index in [1.807, 2.05) is 0 Å². The van der Waals surface area contributed by atoms with Crippen molar-refractivity contribution >= 4 is 16.6 Å². The maximum Gasteiger partial charge on any atom is 0.272 e. The highest BCUT2D eigenvalue weighted by atomic mass is 28.4. The smallest absolute Gasteiger partial charge is 0.272 e. The minimum absolute atomic E-state index is 0.0545. The van der Waals surface area contributed by atoms with Crippen LogP contribution in [0.5, 0.6) is 0 Å². The van der Waals surface area contributed by atoms with Gasteiger partial charge in [-0.05, 0) is 36.3 Å². The van der Waals surface area contributed by atoms with Crippen molar-refractivity contribution < 1.29 is 28.2 Å². The second-order valence-electron chi connectivity index (χ2n) is 11.3. The molecule has 3 heterocycles. The molecule has 3 aliphatic heterocycles. The minimum atomic E-state index is -2.08. The lowest BCUT2D eigenvalue weighted by Crippen LogP contribution is -2.77. The van der Waals surface area contributed by atoms with E-state index in [1.165, 1.54) is 0 Å². The predicted octanol–water partition coefficient (Wildman–Crippen LogP) is 3.61. The van der Waals surface area contributed by atoms with Crippen molar-refractivity contribution in [2.75, 3.05) is 0 Å². The molecule has 4 aliphatic rings. The fourth-order valence-electron chi connectivity index (χ4n) is 3.39. The van der Waals surface area contributed by atoms with Gasteiger partial charge in [0.25, 0.3) is 6.48 Å². The van der Waals surface area contributed by atoms with Crippen LogP contribution in [0.15, 0.2) is 0 Å². The van der Waals surface area contributed by atoms with Gasteiger partial charge in [0.2, 0.25) is 0 Å². The number of hydrogen-bond acceptors (Lipinski definition) is 6. The quantitative estimate of drug-likeness (QED) is 0.704. The van der Waals surface area contributed by atoms with E-state index in [1.54, 1.807) is 0 Å². The molecule has 0 radical (unpaired) electrons. The van der Waals surface area contributed by atoms with Crippen molar-refractivity contribution in [2.24, 2.45) is 0 Å². The first-order chi connectivity index (χ1) is 12.1. The van der Waals surface area contributed by atoms with Crippen LogP contribution in [0, 0.1) is 0 Å². The molecule has 0 aromatic rings. The average molecular weight is 419 g/mol. The molecule has 4 bridgehead atoms. The third kappa shape index (κ3) is 3.72. The van der Waals surface area contributed by atoms with Crippen LogP contribution >= 0.6 is 0 Å². The van der Waals surface area contributed by atoms with Crippen molar-refractivity contribution in [1.82, 2.24) is 0 Å². The van der Waals surface area contributed by atoms with E-state index in [2.05, 4.69) is 67.7 Å². The summed E-state index contributed by atoms with van der Waals surface area (Å²) < 4.78 is 31.1. The van der Waals surface area contributed by atoms with Crippen molar-refractivity contribution in [3.05, 3.63) is 0 Å². The normalized spacial score (nSPS) is 39.9. The summed E-state index contributed by atoms with van der Waals surface area (Å²) in [4.78, 5) is 0. The molecule has 7 atom stereocenters. The Kier molecular flexibility index (Phi) is 5.35. The van der Waals surface area contributed by atoms with E-state index in [4.69, 9.17) is 23.1 Å². The Morgan fingerprint density at radius 3 is 1.33 bits per heavy atom. The number of aliphatic hydroxyl groups excluding tert-OH is 1. The van der Waals surface area contributed by atoms with Crippen molar-refractivity contribution in [3.8, 4) is 0 Å². The van der Waals surface area contributed by atoms with E-state index < -0.39 is 41.4 Å². The number of hydrogen-bond donors (Lipinski definition) is 1. The predicted molar refractivity (Wildman–Crippen MR) is 109 cm³/mol. The molecule has 0 aromatic carbocycles. The van der Waals surface area contributed by atoms with Crippen LogP contribution in [0.4, 0.5) is 0 Å². The van der Waals surface area contributed by atoms with Gasteiger partial charge in [0.15, 0.2) is 16.6 Å². The Hall–Kier alpha value is 0.194. The van der Waals surface area contributed by atoms with Gasteiger partial charge < -0.3 is 28.2 Å². The highest BCUT2D eigenvalue weighted by molar-refractivity contribution is 6.74. The van der Waals surface area contributed by atoms with Gasteiger partial charge in [-0.2, -0.15) is 0 Å². The molecule has 3 unspecified atom stereocenters. The third-order valence-corrected chi connectivity index (χ3v) is 16.2. The van der Waals surface area contributed by atoms with E-state index in [0.717, 1.165) is 0 Å². The molecular formula is C19H38O6Si2. The summed E-state index contributed by atoms with van der Waals surface area (Å²) in [6.07, 6.45) is -2.59. The first-order valence-electron chi connectivity index (χ1n) is 10.1. The van der Waals surface area contributed by atoms with Gasteiger partial charge in [-0.25, -0.2) is 0 Å². The average Bonchev–Trinajstić information content (AvgIpc) is 2.47. The molecule has 0 aromatic heterocycles. The Morgan fingerprint density at radius 1 is 0.667 bits per heavy atom. The molecule has 3 saturated heterocycles. The topological polar surface area (TPSA) is 66.4 Å². The summed E-state index contributed by atoms with van der Waals surface area (Å²) in [6, 6.07) is 0. The van der Waals surface area contributed by atoms with E-state index in [9.17, 15) is 5.11 Å². The SMILES string of the molecule is CC(C)(C)[Si](C)(C)O[C@H]1C2OC3O[C@@H]1C(O)[C@H](O3)[C@H]2O[Si](C)(C)C(C)(C)C. The summed E-state index contributed by atoms with van der Waals surface area (Å²) in [5.74, 6) is 0. The zero-order valence-electron chi connectivity index (χ0n) is 18.5. The van der Waals surface area contributed by atoms with Gasteiger partial charge in [0, 0.05) is 0 Å². The standard InChI is InChI=1S/C19H38O6Si2/c1-18(2,3)26(7,8)24-15-12-11(20)13-16(14(15)23-17(21-12)22-13)25-27(9,10)19(4,5)6/h11-17,20H,1-10H3/t11?,12-,13+,14?,15-,16-,17?/m1/s1. The van der Waals surface area contributed by atoms with E-state index >= 15 is 0 Å². The Balaban J connectivity index is 1.89. The van der Waals surface area contributed by atoms with E-state index in [0.29, 0.717) is 0 Å². The maximum absolute atomic E-state index is 10.9. The number of rotatable bonds is 4. The number of aliphatic hydroxyl groups is 1. The van der Waals surface area contributed by atoms with Gasteiger partial charge in [-0.15, -0.1) is 0 Å². The highest BCUT2D eigenvalue weighted by Crippen LogP contribution is 2.48. The van der Waals surface area contributed by atoms with Crippen LogP contribution in [0.1, 0.15) is 41.5 Å². The molecule has 1 N–H and O–H groups in total. The summed E-state index contributed by atoms with van der Waals surface area (Å²) in [5, 5.41) is 11.0. The minimum Gasteiger partial charge on any atom is -0.408 e. The zero-order chi connectivity index (χ0) is 20.6. The van der Waals surface area contributed by atoms with Gasteiger partial charge in [0.05, 0.1) is 0 Å². The number of ether oxygens (including phenoxy) is 3. The lowest BCUT2D eigenvalue weighted by Gasteiger charge is -2.60. The van der Waals surface area contributed by atoms with E-state index in [-0.39, 0.29) is 28.4 Å². The first kappa shape index (κ1) is 21.9. The van der Waals surface area contributed by atoms with Gasteiger partial charge >= 0.3 is 0 Å². The monoisotopic (exact) mass is 418 g/mol. The van der Waals surface area contributed by atoms with Gasteiger partial charge in [0.1, 0.15) is 36.6 Å². The van der Waals surface area contributed by atoms with Crippen LogP contribution in [-0.4, -0.2) is 64.8 Å². The summed E-state index contributed by atoms with van der Waals surface area (Å²) in [7, 11) is -4.15. The van der Waals surface area contributed by atoms with Crippen molar-refractivity contribution in [1.29, 1.82) is 0 Å². The Labute approximate surface area is 166 Å². The van der Waals surface area contributed by atoms with Crippen molar-refractivity contribution in [3.63, 3.8) is 0 Å². The molecule has 1 saturated carbocycles. The van der Waals surface area contributed by atoms with Gasteiger partial charge in [-0.1, -0.05) is 41.5 Å². The molecule has 8 heteroatoms. The zero-order valence-corrected chi connectivity index (χ0v) is 20.5. The molecule has 0 spiro atoms. The largest absolute Gasteiger partial charge is 0.408 e. The summed E-state index contributed by atoms with van der Waals surface area (Å²) in [5.41, 5.74) is 0. The van der Waals surface area contributed by atoms with Gasteiger partial charge in [-0.3, -0.25) is 0 Å². The van der Waals surface area contributed by atoms with Crippen LogP contribution < -0.4 is 0 Å². The molecule has 158 valence electrons. The molecule has 4 rings (SSSR count). The molecule has 4 fully saturated rings. The van der Waals surface area contributed by atoms with Crippen LogP contribution in [0.3, 0.4) is 0 Å². The molecule has 0 amide bonds. The second-order valence-corrected chi connectivity index (χ2v) is 20.8. The molecule has 27 heavy (non-hydrogen) atoms. The Bertz CT molecular complexity index is 522. The fourth-order valence-corrected chi connectivity index (χ4v) is 5.99. The lowest BCUT2D eigenvalue weighted by atomic mass is 9.83. The third-order valence-electron chi connectivity index (χ3n) is 7.25. The Morgan fingerprint density at radius 2 is 1.00 bits per heavy atom. The summed E-state index contributed by atoms with van der Waals surface area (Å²) in [6.45, 7) is 21.4. The highest BCUT2D eigenvalue weighted by Gasteiger charge is 2.64.